The summed E-state index contributed by atoms with van der Waals surface area (Å²) in [6.07, 6.45) is 0.784. The quantitative estimate of drug-likeness (QED) is 0.847. The first-order valence-electron chi connectivity index (χ1n) is 5.33. The normalized spacial score (nSPS) is 24.7. The van der Waals surface area contributed by atoms with Crippen LogP contribution in [0.4, 0.5) is 4.39 Å². The SMILES string of the molecule is CC1NCCC1C(=O)c1cccc(Br)c1F. The molecular weight excluding hydrogens is 273 g/mol. The zero-order valence-electron chi connectivity index (χ0n) is 8.97. The summed E-state index contributed by atoms with van der Waals surface area (Å²) in [4.78, 5) is 12.1. The van der Waals surface area contributed by atoms with Crippen molar-refractivity contribution in [2.75, 3.05) is 6.54 Å². The van der Waals surface area contributed by atoms with Crippen molar-refractivity contribution < 1.29 is 9.18 Å². The van der Waals surface area contributed by atoms with E-state index < -0.39 is 5.82 Å². The van der Waals surface area contributed by atoms with Crippen LogP contribution in [0, 0.1) is 11.7 Å². The molecular formula is C12H13BrFNO. The minimum atomic E-state index is -0.452. The van der Waals surface area contributed by atoms with E-state index in [1.807, 2.05) is 6.92 Å². The highest BCUT2D eigenvalue weighted by Crippen LogP contribution is 2.25. The average molecular weight is 286 g/mol. The Balaban J connectivity index is 2.30. The van der Waals surface area contributed by atoms with E-state index in [4.69, 9.17) is 0 Å². The van der Waals surface area contributed by atoms with Crippen LogP contribution in [-0.2, 0) is 0 Å². The van der Waals surface area contributed by atoms with Gasteiger partial charge in [-0.3, -0.25) is 4.79 Å². The van der Waals surface area contributed by atoms with Crippen LogP contribution in [0.5, 0.6) is 0 Å². The predicted octanol–water partition coefficient (Wildman–Crippen LogP) is 2.77. The van der Waals surface area contributed by atoms with Crippen molar-refractivity contribution in [1.29, 1.82) is 0 Å². The van der Waals surface area contributed by atoms with Gasteiger partial charge >= 0.3 is 0 Å². The first-order chi connectivity index (χ1) is 7.61. The van der Waals surface area contributed by atoms with E-state index in [-0.39, 0.29) is 23.3 Å². The van der Waals surface area contributed by atoms with Crippen molar-refractivity contribution >= 4 is 21.7 Å². The Kier molecular flexibility index (Phi) is 3.40. The number of Topliss-reactive ketones (excluding diaryl/α,β-unsaturated/α-hetero) is 1. The van der Waals surface area contributed by atoms with Gasteiger partial charge < -0.3 is 5.32 Å². The molecule has 0 bridgehead atoms. The Hall–Kier alpha value is -0.740. The van der Waals surface area contributed by atoms with Gasteiger partial charge in [0.05, 0.1) is 10.0 Å². The molecule has 0 saturated carbocycles. The van der Waals surface area contributed by atoms with Gasteiger partial charge in [0.25, 0.3) is 0 Å². The van der Waals surface area contributed by atoms with E-state index >= 15 is 0 Å². The Morgan fingerprint density at radius 3 is 2.94 bits per heavy atom. The van der Waals surface area contributed by atoms with Crippen LogP contribution in [0.15, 0.2) is 22.7 Å². The van der Waals surface area contributed by atoms with Crippen LogP contribution < -0.4 is 5.32 Å². The van der Waals surface area contributed by atoms with E-state index in [9.17, 15) is 9.18 Å². The van der Waals surface area contributed by atoms with E-state index in [1.54, 1.807) is 18.2 Å². The number of rotatable bonds is 2. The number of carbonyl (C=O) groups is 1. The molecule has 2 nitrogen and oxygen atoms in total. The number of halogens is 2. The maximum absolute atomic E-state index is 13.7. The summed E-state index contributed by atoms with van der Waals surface area (Å²) in [6.45, 7) is 2.79. The molecule has 1 saturated heterocycles. The van der Waals surface area contributed by atoms with E-state index in [1.165, 1.54) is 0 Å². The fourth-order valence-corrected chi connectivity index (χ4v) is 2.48. The van der Waals surface area contributed by atoms with Crippen molar-refractivity contribution in [1.82, 2.24) is 5.32 Å². The van der Waals surface area contributed by atoms with Crippen LogP contribution in [-0.4, -0.2) is 18.4 Å². The highest BCUT2D eigenvalue weighted by Gasteiger charge is 2.31. The fraction of sp³-hybridized carbons (Fsp3) is 0.417. The van der Waals surface area contributed by atoms with Gasteiger partial charge in [-0.15, -0.1) is 0 Å². The van der Waals surface area contributed by atoms with Crippen LogP contribution in [0.1, 0.15) is 23.7 Å². The molecule has 0 amide bonds. The second-order valence-electron chi connectivity index (χ2n) is 4.10. The van der Waals surface area contributed by atoms with Gasteiger partial charge in [0.1, 0.15) is 5.82 Å². The maximum Gasteiger partial charge on any atom is 0.170 e. The average Bonchev–Trinajstić information content (AvgIpc) is 2.68. The molecule has 1 N–H and O–H groups in total. The molecule has 4 heteroatoms. The highest BCUT2D eigenvalue weighted by atomic mass is 79.9. The number of carbonyl (C=O) groups excluding carboxylic acids is 1. The molecule has 0 spiro atoms. The third-order valence-corrected chi connectivity index (χ3v) is 3.69. The minimum absolute atomic E-state index is 0.101. The molecule has 1 aliphatic heterocycles. The number of nitrogens with one attached hydrogen (secondary N) is 1. The summed E-state index contributed by atoms with van der Waals surface area (Å²) < 4.78 is 14.1. The van der Waals surface area contributed by atoms with Gasteiger partial charge in [0, 0.05) is 12.0 Å². The summed E-state index contributed by atoms with van der Waals surface area (Å²) >= 11 is 3.10. The highest BCUT2D eigenvalue weighted by molar-refractivity contribution is 9.10. The molecule has 2 atom stereocenters. The van der Waals surface area contributed by atoms with Gasteiger partial charge in [-0.1, -0.05) is 6.07 Å². The third-order valence-electron chi connectivity index (χ3n) is 3.08. The summed E-state index contributed by atoms with van der Waals surface area (Å²) in [5, 5.41) is 3.20. The Bertz CT molecular complexity index is 421. The van der Waals surface area contributed by atoms with E-state index in [0.717, 1.165) is 13.0 Å². The number of hydrogen-bond donors (Lipinski definition) is 1. The Morgan fingerprint density at radius 2 is 2.31 bits per heavy atom. The molecule has 2 rings (SSSR count). The second kappa shape index (κ2) is 4.63. The van der Waals surface area contributed by atoms with Crippen LogP contribution in [0.25, 0.3) is 0 Å². The van der Waals surface area contributed by atoms with Crippen molar-refractivity contribution in [2.24, 2.45) is 5.92 Å². The molecule has 86 valence electrons. The molecule has 0 radical (unpaired) electrons. The second-order valence-corrected chi connectivity index (χ2v) is 4.96. The summed E-state index contributed by atoms with van der Waals surface area (Å²) in [6, 6.07) is 4.97. The lowest BCUT2D eigenvalue weighted by atomic mass is 9.92. The monoisotopic (exact) mass is 285 g/mol. The smallest absolute Gasteiger partial charge is 0.170 e. The standard InChI is InChI=1S/C12H13BrFNO/c1-7-8(5-6-15-7)12(16)9-3-2-4-10(13)11(9)14/h2-4,7-8,15H,5-6H2,1H3. The number of ketones is 1. The van der Waals surface area contributed by atoms with Gasteiger partial charge in [-0.25, -0.2) is 4.39 Å². The molecule has 0 aliphatic carbocycles. The van der Waals surface area contributed by atoms with E-state index in [2.05, 4.69) is 21.2 Å². The lowest BCUT2D eigenvalue weighted by molar-refractivity contribution is 0.0909. The third kappa shape index (κ3) is 2.04. The van der Waals surface area contributed by atoms with Crippen LogP contribution in [0.2, 0.25) is 0 Å². The Morgan fingerprint density at radius 1 is 1.56 bits per heavy atom. The summed E-state index contributed by atoms with van der Waals surface area (Å²) in [5.74, 6) is -0.660. The van der Waals surface area contributed by atoms with E-state index in [0.29, 0.717) is 4.47 Å². The van der Waals surface area contributed by atoms with Gasteiger partial charge in [0.15, 0.2) is 5.78 Å². The Labute approximate surface area is 102 Å². The molecule has 2 unspecified atom stereocenters. The van der Waals surface area contributed by atoms with Gasteiger partial charge in [-0.05, 0) is 48.0 Å². The molecule has 0 aromatic heterocycles. The van der Waals surface area contributed by atoms with Crippen molar-refractivity contribution in [2.45, 2.75) is 19.4 Å². The lowest BCUT2D eigenvalue weighted by Crippen LogP contribution is -2.28. The minimum Gasteiger partial charge on any atom is -0.313 e. The van der Waals surface area contributed by atoms with Crippen molar-refractivity contribution in [3.63, 3.8) is 0 Å². The van der Waals surface area contributed by atoms with Crippen LogP contribution >= 0.6 is 15.9 Å². The molecule has 1 fully saturated rings. The van der Waals surface area contributed by atoms with Gasteiger partial charge in [0.2, 0.25) is 0 Å². The summed E-state index contributed by atoms with van der Waals surface area (Å²) in [7, 11) is 0. The first kappa shape index (κ1) is 11.7. The molecule has 16 heavy (non-hydrogen) atoms. The topological polar surface area (TPSA) is 29.1 Å². The fourth-order valence-electron chi connectivity index (χ4n) is 2.11. The van der Waals surface area contributed by atoms with Crippen molar-refractivity contribution in [3.05, 3.63) is 34.1 Å². The van der Waals surface area contributed by atoms with Gasteiger partial charge in [-0.2, -0.15) is 0 Å². The molecule has 1 heterocycles. The number of hydrogen-bond acceptors (Lipinski definition) is 2. The predicted molar refractivity (Wildman–Crippen MR) is 64.0 cm³/mol. The zero-order chi connectivity index (χ0) is 11.7. The van der Waals surface area contributed by atoms with Crippen LogP contribution in [0.3, 0.4) is 0 Å². The lowest BCUT2D eigenvalue weighted by Gasteiger charge is -2.14. The molecule has 1 aromatic carbocycles. The largest absolute Gasteiger partial charge is 0.313 e. The molecule has 1 aromatic rings. The summed E-state index contributed by atoms with van der Waals surface area (Å²) in [5.41, 5.74) is 0.190. The van der Waals surface area contributed by atoms with Crippen molar-refractivity contribution in [3.8, 4) is 0 Å². The zero-order valence-corrected chi connectivity index (χ0v) is 10.6. The first-order valence-corrected chi connectivity index (χ1v) is 6.12. The number of benzene rings is 1. The maximum atomic E-state index is 13.7. The molecule has 1 aliphatic rings.